The van der Waals surface area contributed by atoms with Crippen LogP contribution < -0.4 is 5.32 Å². The van der Waals surface area contributed by atoms with Crippen LogP contribution in [0.5, 0.6) is 5.75 Å². The number of aromatic nitrogens is 2. The first-order valence-corrected chi connectivity index (χ1v) is 9.35. The summed E-state index contributed by atoms with van der Waals surface area (Å²) in [6.07, 6.45) is 3.70. The number of aliphatic carboxylic acids is 1. The summed E-state index contributed by atoms with van der Waals surface area (Å²) >= 11 is 0. The van der Waals surface area contributed by atoms with Crippen LogP contribution >= 0.6 is 0 Å². The van der Waals surface area contributed by atoms with Crippen LogP contribution in [-0.4, -0.2) is 37.5 Å². The summed E-state index contributed by atoms with van der Waals surface area (Å²) < 4.78 is 1.81. The lowest BCUT2D eigenvalue weighted by atomic mass is 10.1. The number of nitrogens with zero attached hydrogens (tertiary/aromatic N) is 2. The van der Waals surface area contributed by atoms with Crippen molar-refractivity contribution >= 4 is 17.5 Å². The SMILES string of the molecule is O=C(NC(Cc1ccc(O)cc1)C(=O)O)c1ccn2cc(-c3ccccc3)nc2c1. The number of carbonyl (C=O) groups excluding carboxylic acids is 1. The zero-order valence-corrected chi connectivity index (χ0v) is 15.9. The minimum absolute atomic E-state index is 0.0949. The number of fused-ring (bicyclic) bond motifs is 1. The number of imidazole rings is 1. The lowest BCUT2D eigenvalue weighted by Gasteiger charge is -2.15. The number of carboxylic acid groups (broad SMARTS) is 1. The van der Waals surface area contributed by atoms with Crippen LogP contribution in [0.4, 0.5) is 0 Å². The fourth-order valence-corrected chi connectivity index (χ4v) is 3.18. The standard InChI is InChI=1S/C23H19N3O4/c27-18-8-6-15(7-9-18)12-19(23(29)30)25-22(28)17-10-11-26-14-20(24-21(26)13-17)16-4-2-1-3-5-16/h1-11,13-14,19,27H,12H2,(H,25,28)(H,29,30). The van der Waals surface area contributed by atoms with E-state index in [1.165, 1.54) is 12.1 Å². The number of rotatable bonds is 6. The summed E-state index contributed by atoms with van der Waals surface area (Å²) in [5.41, 5.74) is 3.35. The molecule has 0 aliphatic heterocycles. The molecule has 0 saturated carbocycles. The second-order valence-electron chi connectivity index (χ2n) is 6.91. The van der Waals surface area contributed by atoms with Crippen molar-refractivity contribution in [3.05, 3.63) is 90.3 Å². The second-order valence-corrected chi connectivity index (χ2v) is 6.91. The Morgan fingerprint density at radius 3 is 2.47 bits per heavy atom. The Balaban J connectivity index is 1.54. The number of amides is 1. The van der Waals surface area contributed by atoms with Crippen LogP contribution in [0, 0.1) is 0 Å². The Morgan fingerprint density at radius 2 is 1.77 bits per heavy atom. The zero-order chi connectivity index (χ0) is 21.1. The number of phenols is 1. The van der Waals surface area contributed by atoms with Gasteiger partial charge in [-0.15, -0.1) is 0 Å². The molecule has 1 atom stereocenters. The second kappa shape index (κ2) is 8.08. The molecule has 2 aromatic heterocycles. The fraction of sp³-hybridized carbons (Fsp3) is 0.0870. The monoisotopic (exact) mass is 401 g/mol. The van der Waals surface area contributed by atoms with Gasteiger partial charge in [0.2, 0.25) is 0 Å². The van der Waals surface area contributed by atoms with E-state index in [-0.39, 0.29) is 12.2 Å². The molecule has 0 fully saturated rings. The number of pyridine rings is 1. The topological polar surface area (TPSA) is 104 Å². The van der Waals surface area contributed by atoms with Crippen LogP contribution in [0.1, 0.15) is 15.9 Å². The highest BCUT2D eigenvalue weighted by Gasteiger charge is 2.21. The molecular formula is C23H19N3O4. The van der Waals surface area contributed by atoms with Gasteiger partial charge in [-0.2, -0.15) is 0 Å². The molecule has 0 saturated heterocycles. The van der Waals surface area contributed by atoms with E-state index < -0.39 is 17.9 Å². The predicted molar refractivity (Wildman–Crippen MR) is 111 cm³/mol. The summed E-state index contributed by atoms with van der Waals surface area (Å²) in [5, 5.41) is 21.4. The van der Waals surface area contributed by atoms with Crippen molar-refractivity contribution in [1.82, 2.24) is 14.7 Å². The number of nitrogens with one attached hydrogen (secondary N) is 1. The molecule has 0 radical (unpaired) electrons. The maximum Gasteiger partial charge on any atom is 0.326 e. The van der Waals surface area contributed by atoms with Crippen molar-refractivity contribution in [3.8, 4) is 17.0 Å². The van der Waals surface area contributed by atoms with Gasteiger partial charge in [-0.3, -0.25) is 4.79 Å². The molecule has 0 spiro atoms. The van der Waals surface area contributed by atoms with Gasteiger partial charge in [-0.25, -0.2) is 9.78 Å². The first-order chi connectivity index (χ1) is 14.5. The van der Waals surface area contributed by atoms with Gasteiger partial charge in [0.25, 0.3) is 5.91 Å². The number of hydrogen-bond acceptors (Lipinski definition) is 4. The molecule has 7 nitrogen and oxygen atoms in total. The number of benzene rings is 2. The Hall–Kier alpha value is -4.13. The van der Waals surface area contributed by atoms with Crippen molar-refractivity contribution in [3.63, 3.8) is 0 Å². The molecule has 0 bridgehead atoms. The van der Waals surface area contributed by atoms with E-state index in [0.29, 0.717) is 16.8 Å². The fourth-order valence-electron chi connectivity index (χ4n) is 3.18. The van der Waals surface area contributed by atoms with Crippen LogP contribution in [0.2, 0.25) is 0 Å². The Labute approximate surface area is 172 Å². The van der Waals surface area contributed by atoms with Crippen molar-refractivity contribution in [2.75, 3.05) is 0 Å². The van der Waals surface area contributed by atoms with Gasteiger partial charge in [0.15, 0.2) is 0 Å². The molecule has 1 amide bonds. The highest BCUT2D eigenvalue weighted by molar-refractivity contribution is 5.97. The van der Waals surface area contributed by atoms with Gasteiger partial charge in [-0.05, 0) is 29.8 Å². The first kappa shape index (κ1) is 19.2. The number of carboxylic acids is 1. The third-order valence-corrected chi connectivity index (χ3v) is 4.77. The molecule has 4 rings (SSSR count). The van der Waals surface area contributed by atoms with Crippen molar-refractivity contribution in [1.29, 1.82) is 0 Å². The molecule has 3 N–H and O–H groups in total. The maximum absolute atomic E-state index is 12.7. The predicted octanol–water partition coefficient (Wildman–Crippen LogP) is 3.13. The number of aromatic hydroxyl groups is 1. The molecule has 4 aromatic rings. The third-order valence-electron chi connectivity index (χ3n) is 4.77. The largest absolute Gasteiger partial charge is 0.508 e. The summed E-state index contributed by atoms with van der Waals surface area (Å²) in [4.78, 5) is 28.9. The number of phenolic OH excluding ortho intramolecular Hbond substituents is 1. The lowest BCUT2D eigenvalue weighted by Crippen LogP contribution is -2.42. The summed E-state index contributed by atoms with van der Waals surface area (Å²) in [6, 6.07) is 18.1. The average molecular weight is 401 g/mol. The maximum atomic E-state index is 12.7. The molecule has 150 valence electrons. The molecule has 2 heterocycles. The van der Waals surface area contributed by atoms with Gasteiger partial charge in [0.1, 0.15) is 17.4 Å². The minimum Gasteiger partial charge on any atom is -0.508 e. The highest BCUT2D eigenvalue weighted by atomic mass is 16.4. The minimum atomic E-state index is -1.13. The smallest absolute Gasteiger partial charge is 0.326 e. The van der Waals surface area contributed by atoms with Gasteiger partial charge in [0, 0.05) is 29.9 Å². The summed E-state index contributed by atoms with van der Waals surface area (Å²) in [7, 11) is 0. The molecule has 0 aliphatic carbocycles. The van der Waals surface area contributed by atoms with E-state index in [1.807, 2.05) is 40.9 Å². The van der Waals surface area contributed by atoms with Crippen molar-refractivity contribution in [2.24, 2.45) is 0 Å². The Morgan fingerprint density at radius 1 is 1.03 bits per heavy atom. The molecule has 7 heteroatoms. The molecular weight excluding hydrogens is 382 g/mol. The van der Waals surface area contributed by atoms with Crippen LogP contribution in [-0.2, 0) is 11.2 Å². The first-order valence-electron chi connectivity index (χ1n) is 9.35. The van der Waals surface area contributed by atoms with E-state index >= 15 is 0 Å². The Bertz CT molecular complexity index is 1200. The van der Waals surface area contributed by atoms with E-state index in [4.69, 9.17) is 0 Å². The zero-order valence-electron chi connectivity index (χ0n) is 15.9. The van der Waals surface area contributed by atoms with Gasteiger partial charge >= 0.3 is 5.97 Å². The van der Waals surface area contributed by atoms with Crippen LogP contribution in [0.15, 0.2) is 79.1 Å². The van der Waals surface area contributed by atoms with E-state index in [0.717, 1.165) is 11.3 Å². The van der Waals surface area contributed by atoms with E-state index in [1.54, 1.807) is 30.5 Å². The van der Waals surface area contributed by atoms with Crippen molar-refractivity contribution in [2.45, 2.75) is 12.5 Å². The van der Waals surface area contributed by atoms with Gasteiger partial charge in [-0.1, -0.05) is 42.5 Å². The normalized spacial score (nSPS) is 11.9. The molecule has 0 aliphatic rings. The van der Waals surface area contributed by atoms with Crippen LogP contribution in [0.25, 0.3) is 16.9 Å². The average Bonchev–Trinajstić information content (AvgIpc) is 3.18. The van der Waals surface area contributed by atoms with Crippen molar-refractivity contribution < 1.29 is 19.8 Å². The molecule has 30 heavy (non-hydrogen) atoms. The molecule has 1 unspecified atom stereocenters. The summed E-state index contributed by atoms with van der Waals surface area (Å²) in [5.74, 6) is -1.53. The van der Waals surface area contributed by atoms with Gasteiger partial charge < -0.3 is 19.9 Å². The number of carbonyl (C=O) groups is 2. The van der Waals surface area contributed by atoms with Gasteiger partial charge in [0.05, 0.1) is 5.69 Å². The highest BCUT2D eigenvalue weighted by Crippen LogP contribution is 2.19. The van der Waals surface area contributed by atoms with E-state index in [9.17, 15) is 19.8 Å². The van der Waals surface area contributed by atoms with E-state index in [2.05, 4.69) is 10.3 Å². The Kier molecular flexibility index (Phi) is 5.17. The third kappa shape index (κ3) is 4.15. The quantitative estimate of drug-likeness (QED) is 0.461. The molecule has 2 aromatic carbocycles. The van der Waals surface area contributed by atoms with Crippen LogP contribution in [0.3, 0.4) is 0 Å². The number of hydrogen-bond donors (Lipinski definition) is 3. The summed E-state index contributed by atoms with van der Waals surface area (Å²) in [6.45, 7) is 0. The lowest BCUT2D eigenvalue weighted by molar-refractivity contribution is -0.139.